The molecule has 13 nitrogen and oxygen atoms in total. The summed E-state index contributed by atoms with van der Waals surface area (Å²) in [5, 5.41) is 34.2. The predicted octanol–water partition coefficient (Wildman–Crippen LogP) is -3.90. The van der Waals surface area contributed by atoms with Crippen LogP contribution in [0.25, 0.3) is 0 Å². The number of carboxylic acids is 1. The molecule has 0 aliphatic carbocycles. The number of nitrogens with one attached hydrogen (secondary N) is 3. The van der Waals surface area contributed by atoms with Crippen LogP contribution in [0.1, 0.15) is 38.5 Å². The van der Waals surface area contributed by atoms with Gasteiger partial charge < -0.3 is 48.5 Å². The van der Waals surface area contributed by atoms with Crippen molar-refractivity contribution in [2.45, 2.75) is 62.7 Å². The summed E-state index contributed by atoms with van der Waals surface area (Å²) in [6.07, 6.45) is 3.08. The number of unbranched alkanes of at least 4 members (excludes halogenated alkanes) is 2. The molecule has 0 aromatic heterocycles. The largest absolute Gasteiger partial charge is 0.480 e. The monoisotopic (exact) mass is 448 g/mol. The molecular formula is C18H36N6O7. The first-order valence-corrected chi connectivity index (χ1v) is 10.2. The second-order valence-corrected chi connectivity index (χ2v) is 7.06. The second-order valence-electron chi connectivity index (χ2n) is 7.06. The lowest BCUT2D eigenvalue weighted by Crippen LogP contribution is -2.58. The van der Waals surface area contributed by atoms with E-state index in [9.17, 15) is 24.3 Å². The van der Waals surface area contributed by atoms with Gasteiger partial charge in [-0.25, -0.2) is 4.79 Å². The highest BCUT2D eigenvalue weighted by atomic mass is 16.4. The predicted molar refractivity (Wildman–Crippen MR) is 111 cm³/mol. The summed E-state index contributed by atoms with van der Waals surface area (Å²) in [6, 6.07) is -4.94. The number of hydrogen-bond acceptors (Lipinski definition) is 9. The fourth-order valence-electron chi connectivity index (χ4n) is 2.60. The fourth-order valence-corrected chi connectivity index (χ4v) is 2.60. The number of carbonyl (C=O) groups excluding carboxylic acids is 3. The molecule has 0 radical (unpaired) electrons. The molecular weight excluding hydrogens is 412 g/mol. The number of amides is 3. The molecule has 0 heterocycles. The van der Waals surface area contributed by atoms with E-state index in [1.807, 2.05) is 5.32 Å². The van der Waals surface area contributed by atoms with Gasteiger partial charge in [0.2, 0.25) is 17.7 Å². The van der Waals surface area contributed by atoms with Crippen LogP contribution in [0.15, 0.2) is 0 Å². The minimum absolute atomic E-state index is 0.221. The summed E-state index contributed by atoms with van der Waals surface area (Å²) < 4.78 is 0. The van der Waals surface area contributed by atoms with Gasteiger partial charge in [-0.2, -0.15) is 0 Å². The van der Waals surface area contributed by atoms with Gasteiger partial charge in [-0.3, -0.25) is 14.4 Å². The molecule has 3 amide bonds. The summed E-state index contributed by atoms with van der Waals surface area (Å²) in [5.74, 6) is -3.76. The Kier molecular flexibility index (Phi) is 15.2. The zero-order valence-corrected chi connectivity index (χ0v) is 17.6. The topological polar surface area (TPSA) is 243 Å². The van der Waals surface area contributed by atoms with Gasteiger partial charge in [-0.15, -0.1) is 0 Å². The summed E-state index contributed by atoms with van der Waals surface area (Å²) in [7, 11) is 0. The standard InChI is InChI=1S/C18H36N6O7/c19-7-3-1-5-11(21)15(27)22-12(6-2-4-8-20)16(28)23-13(9-25)17(29)24-14(10-26)18(30)31/h11-14,25-26H,1-10,19-21H2,(H,22,27)(H,23,28)(H,24,29)(H,30,31)/t11-,12-,13-,14-/m0/s1. The molecule has 0 fully saturated rings. The zero-order chi connectivity index (χ0) is 23.8. The highest BCUT2D eigenvalue weighted by Gasteiger charge is 2.29. The van der Waals surface area contributed by atoms with Crippen molar-refractivity contribution in [3.8, 4) is 0 Å². The van der Waals surface area contributed by atoms with Crippen molar-refractivity contribution in [3.05, 3.63) is 0 Å². The Morgan fingerprint density at radius 3 is 1.61 bits per heavy atom. The smallest absolute Gasteiger partial charge is 0.328 e. The van der Waals surface area contributed by atoms with E-state index >= 15 is 0 Å². The van der Waals surface area contributed by atoms with Gasteiger partial charge >= 0.3 is 5.97 Å². The van der Waals surface area contributed by atoms with Crippen molar-refractivity contribution < 1.29 is 34.5 Å². The Morgan fingerprint density at radius 2 is 1.13 bits per heavy atom. The van der Waals surface area contributed by atoms with Crippen LogP contribution < -0.4 is 33.2 Å². The third-order valence-electron chi connectivity index (χ3n) is 4.50. The van der Waals surface area contributed by atoms with E-state index in [1.165, 1.54) is 0 Å². The maximum absolute atomic E-state index is 12.6. The first-order chi connectivity index (χ1) is 14.7. The summed E-state index contributed by atoms with van der Waals surface area (Å²) >= 11 is 0. The van der Waals surface area contributed by atoms with Crippen LogP contribution >= 0.6 is 0 Å². The zero-order valence-electron chi connectivity index (χ0n) is 17.6. The van der Waals surface area contributed by atoms with Crippen molar-refractivity contribution in [3.63, 3.8) is 0 Å². The van der Waals surface area contributed by atoms with Gasteiger partial charge in [-0.05, 0) is 45.2 Å². The van der Waals surface area contributed by atoms with Gasteiger partial charge in [0.15, 0.2) is 0 Å². The normalized spacial score (nSPS) is 14.7. The first-order valence-electron chi connectivity index (χ1n) is 10.2. The average Bonchev–Trinajstić information content (AvgIpc) is 2.74. The molecule has 180 valence electrons. The number of hydrogen-bond donors (Lipinski definition) is 9. The molecule has 0 aromatic carbocycles. The van der Waals surface area contributed by atoms with E-state index in [1.54, 1.807) is 0 Å². The molecule has 12 N–H and O–H groups in total. The van der Waals surface area contributed by atoms with Crippen LogP contribution in [0, 0.1) is 0 Å². The highest BCUT2D eigenvalue weighted by Crippen LogP contribution is 2.04. The molecule has 0 unspecified atom stereocenters. The van der Waals surface area contributed by atoms with E-state index in [0.717, 1.165) is 0 Å². The van der Waals surface area contributed by atoms with E-state index in [0.29, 0.717) is 45.2 Å². The van der Waals surface area contributed by atoms with Crippen molar-refractivity contribution in [1.82, 2.24) is 16.0 Å². The lowest BCUT2D eigenvalue weighted by atomic mass is 10.1. The van der Waals surface area contributed by atoms with Crippen molar-refractivity contribution >= 4 is 23.7 Å². The number of rotatable bonds is 17. The maximum atomic E-state index is 12.6. The maximum Gasteiger partial charge on any atom is 0.328 e. The van der Waals surface area contributed by atoms with E-state index in [2.05, 4.69) is 10.6 Å². The Hall–Kier alpha value is -2.32. The van der Waals surface area contributed by atoms with Crippen LogP contribution in [0.4, 0.5) is 0 Å². The van der Waals surface area contributed by atoms with Crippen molar-refractivity contribution in [2.75, 3.05) is 26.3 Å². The lowest BCUT2D eigenvalue weighted by Gasteiger charge is -2.24. The Labute approximate surface area is 181 Å². The van der Waals surface area contributed by atoms with E-state index in [-0.39, 0.29) is 6.42 Å². The number of aliphatic hydroxyl groups is 2. The van der Waals surface area contributed by atoms with Crippen LogP contribution in [0.2, 0.25) is 0 Å². The van der Waals surface area contributed by atoms with Crippen LogP contribution in [-0.4, -0.2) is 89.5 Å². The molecule has 0 aliphatic rings. The SMILES string of the molecule is NCCCC[C@H](NC(=O)[C@@H](N)CCCCN)C(=O)N[C@@H](CO)C(=O)N[C@@H](CO)C(=O)O. The van der Waals surface area contributed by atoms with Gasteiger partial charge in [0, 0.05) is 0 Å². The van der Waals surface area contributed by atoms with Crippen LogP contribution in [0.3, 0.4) is 0 Å². The Balaban J connectivity index is 5.09. The Bertz CT molecular complexity index is 578. The molecule has 0 bridgehead atoms. The Morgan fingerprint density at radius 1 is 0.677 bits per heavy atom. The first kappa shape index (κ1) is 28.7. The minimum Gasteiger partial charge on any atom is -0.480 e. The van der Waals surface area contributed by atoms with Crippen molar-refractivity contribution in [2.24, 2.45) is 17.2 Å². The van der Waals surface area contributed by atoms with Gasteiger partial charge in [0.25, 0.3) is 0 Å². The lowest BCUT2D eigenvalue weighted by molar-refractivity contribution is -0.143. The molecule has 0 aliphatic heterocycles. The quantitative estimate of drug-likeness (QED) is 0.0978. The summed E-state index contributed by atoms with van der Waals surface area (Å²) in [6.45, 7) is -0.827. The van der Waals surface area contributed by atoms with Crippen LogP contribution in [0.5, 0.6) is 0 Å². The van der Waals surface area contributed by atoms with Gasteiger partial charge in [0.1, 0.15) is 18.1 Å². The number of carboxylic acid groups (broad SMARTS) is 1. The van der Waals surface area contributed by atoms with Crippen molar-refractivity contribution in [1.29, 1.82) is 0 Å². The fraction of sp³-hybridized carbons (Fsp3) is 0.778. The van der Waals surface area contributed by atoms with Crippen LogP contribution in [-0.2, 0) is 19.2 Å². The number of aliphatic hydroxyl groups excluding tert-OH is 2. The highest BCUT2D eigenvalue weighted by molar-refractivity contribution is 5.94. The average molecular weight is 449 g/mol. The van der Waals surface area contributed by atoms with Gasteiger partial charge in [-0.1, -0.05) is 6.42 Å². The minimum atomic E-state index is -1.59. The molecule has 0 aromatic rings. The molecule has 0 rings (SSSR count). The third kappa shape index (κ3) is 11.6. The molecule has 0 spiro atoms. The molecule has 0 saturated heterocycles. The third-order valence-corrected chi connectivity index (χ3v) is 4.50. The molecule has 4 atom stereocenters. The number of carbonyl (C=O) groups is 4. The van der Waals surface area contributed by atoms with E-state index < -0.39 is 61.1 Å². The summed E-state index contributed by atoms with van der Waals surface area (Å²) in [5.41, 5.74) is 16.7. The van der Waals surface area contributed by atoms with Gasteiger partial charge in [0.05, 0.1) is 19.3 Å². The summed E-state index contributed by atoms with van der Waals surface area (Å²) in [4.78, 5) is 48.1. The number of nitrogens with two attached hydrogens (primary N) is 3. The second kappa shape index (κ2) is 16.4. The molecule has 13 heteroatoms. The number of aliphatic carboxylic acids is 1. The van der Waals surface area contributed by atoms with E-state index in [4.69, 9.17) is 27.4 Å². The molecule has 0 saturated carbocycles. The molecule has 31 heavy (non-hydrogen) atoms.